The van der Waals surface area contributed by atoms with Crippen molar-refractivity contribution in [2.45, 2.75) is 25.8 Å². The number of para-hydroxylation sites is 1. The molecule has 0 atom stereocenters. The first kappa shape index (κ1) is 19.2. The number of benzene rings is 2. The maximum absolute atomic E-state index is 11.9. The molecule has 0 N–H and O–H groups in total. The van der Waals surface area contributed by atoms with Crippen molar-refractivity contribution in [2.75, 3.05) is 13.1 Å². The van der Waals surface area contributed by atoms with Crippen molar-refractivity contribution in [3.63, 3.8) is 0 Å². The molecule has 0 unspecified atom stereocenters. The summed E-state index contributed by atoms with van der Waals surface area (Å²) in [6.07, 6.45) is 2.61. The molecule has 2 heterocycles. The molecule has 1 aliphatic heterocycles. The predicted molar refractivity (Wildman–Crippen MR) is 118 cm³/mol. The number of likely N-dealkylation sites (tertiary alicyclic amines) is 1. The number of thiazole rings is 1. The summed E-state index contributed by atoms with van der Waals surface area (Å²) in [5.74, 6) is 0.289. The molecule has 0 spiro atoms. The van der Waals surface area contributed by atoms with Gasteiger partial charge in [-0.3, -0.25) is 4.79 Å². The summed E-state index contributed by atoms with van der Waals surface area (Å²) in [6, 6.07) is 18.4. The first-order valence-corrected chi connectivity index (χ1v) is 11.2. The van der Waals surface area contributed by atoms with E-state index < -0.39 is 0 Å². The van der Waals surface area contributed by atoms with E-state index in [0.717, 1.165) is 58.7 Å². The number of carbonyl (C=O) groups excluding carboxylic acids is 1. The Bertz CT molecular complexity index is 1030. The largest absolute Gasteiger partial charge is 0.343 e. The van der Waals surface area contributed by atoms with Gasteiger partial charge in [0.15, 0.2) is 4.80 Å². The third-order valence-electron chi connectivity index (χ3n) is 4.88. The monoisotopic (exact) mass is 455 g/mol. The maximum atomic E-state index is 11.9. The summed E-state index contributed by atoms with van der Waals surface area (Å²) in [4.78, 5) is 19.7. The molecule has 1 aromatic heterocycles. The average Bonchev–Trinajstić information content (AvgIpc) is 3.29. The van der Waals surface area contributed by atoms with Crippen molar-refractivity contribution in [3.05, 3.63) is 69.3 Å². The zero-order chi connectivity index (χ0) is 19.3. The smallest absolute Gasteiger partial charge is 0.222 e. The topological polar surface area (TPSA) is 37.6 Å². The maximum Gasteiger partial charge on any atom is 0.222 e. The summed E-state index contributed by atoms with van der Waals surface area (Å²) in [7, 11) is 0. The quantitative estimate of drug-likeness (QED) is 0.501. The highest BCUT2D eigenvalue weighted by molar-refractivity contribution is 9.10. The molecule has 6 heteroatoms. The van der Waals surface area contributed by atoms with Crippen LogP contribution in [0.4, 0.5) is 5.69 Å². The fraction of sp³-hybridized carbons (Fsp3) is 0.273. The van der Waals surface area contributed by atoms with Crippen LogP contribution in [0, 0.1) is 0 Å². The summed E-state index contributed by atoms with van der Waals surface area (Å²) in [5, 5.41) is 2.17. The molecular weight excluding hydrogens is 434 g/mol. The number of aromatic nitrogens is 1. The molecule has 28 heavy (non-hydrogen) atoms. The van der Waals surface area contributed by atoms with Crippen LogP contribution in [-0.2, 0) is 11.3 Å². The molecule has 2 aromatic carbocycles. The second kappa shape index (κ2) is 8.88. The Morgan fingerprint density at radius 3 is 2.68 bits per heavy atom. The minimum absolute atomic E-state index is 0.289. The van der Waals surface area contributed by atoms with Gasteiger partial charge in [0, 0.05) is 41.5 Å². The lowest BCUT2D eigenvalue weighted by molar-refractivity contribution is -0.127. The Hall–Kier alpha value is -2.18. The molecule has 3 aromatic rings. The highest BCUT2D eigenvalue weighted by Gasteiger charge is 2.19. The van der Waals surface area contributed by atoms with Crippen LogP contribution in [0.2, 0.25) is 0 Å². The minimum atomic E-state index is 0.289. The molecule has 1 fully saturated rings. The van der Waals surface area contributed by atoms with Gasteiger partial charge in [0.1, 0.15) is 0 Å². The molecular formula is C22H22BrN3OS. The fourth-order valence-corrected chi connectivity index (χ4v) is 4.84. The molecule has 0 bridgehead atoms. The Kier molecular flexibility index (Phi) is 6.07. The third-order valence-corrected chi connectivity index (χ3v) is 6.24. The van der Waals surface area contributed by atoms with Gasteiger partial charge >= 0.3 is 0 Å². The van der Waals surface area contributed by atoms with E-state index in [4.69, 9.17) is 4.99 Å². The number of halogens is 1. The zero-order valence-corrected chi connectivity index (χ0v) is 18.0. The average molecular weight is 456 g/mol. The lowest BCUT2D eigenvalue weighted by atomic mass is 10.2. The Morgan fingerprint density at radius 2 is 1.93 bits per heavy atom. The van der Waals surface area contributed by atoms with E-state index >= 15 is 0 Å². The number of carbonyl (C=O) groups is 1. The summed E-state index contributed by atoms with van der Waals surface area (Å²) in [6.45, 7) is 2.54. The molecule has 1 amide bonds. The normalized spacial score (nSPS) is 14.8. The lowest BCUT2D eigenvalue weighted by Gasteiger charge is -2.16. The van der Waals surface area contributed by atoms with Gasteiger partial charge in [-0.05, 0) is 37.1 Å². The van der Waals surface area contributed by atoms with Crippen molar-refractivity contribution in [2.24, 2.45) is 4.99 Å². The van der Waals surface area contributed by atoms with Crippen LogP contribution in [0.3, 0.4) is 0 Å². The van der Waals surface area contributed by atoms with E-state index in [0.29, 0.717) is 6.42 Å². The SMILES string of the molecule is O=C1CCCN1CCCn1c(-c2cccc(Br)c2)csc1=Nc1ccccc1. The number of rotatable bonds is 6. The second-order valence-corrected chi connectivity index (χ2v) is 8.60. The fourth-order valence-electron chi connectivity index (χ4n) is 3.49. The van der Waals surface area contributed by atoms with Gasteiger partial charge in [-0.15, -0.1) is 11.3 Å². The van der Waals surface area contributed by atoms with Crippen molar-refractivity contribution in [1.82, 2.24) is 9.47 Å². The number of nitrogens with zero attached hydrogens (tertiary/aromatic N) is 3. The van der Waals surface area contributed by atoms with E-state index in [2.05, 4.69) is 44.1 Å². The lowest BCUT2D eigenvalue weighted by Crippen LogP contribution is -2.27. The van der Waals surface area contributed by atoms with Gasteiger partial charge in [0.2, 0.25) is 5.91 Å². The molecule has 4 nitrogen and oxygen atoms in total. The second-order valence-electron chi connectivity index (χ2n) is 6.85. The summed E-state index contributed by atoms with van der Waals surface area (Å²) < 4.78 is 3.34. The van der Waals surface area contributed by atoms with E-state index in [1.54, 1.807) is 11.3 Å². The highest BCUT2D eigenvalue weighted by atomic mass is 79.9. The Morgan fingerprint density at radius 1 is 1.07 bits per heavy atom. The number of amides is 1. The van der Waals surface area contributed by atoms with Gasteiger partial charge in [0.05, 0.1) is 11.4 Å². The molecule has 1 saturated heterocycles. The first-order valence-electron chi connectivity index (χ1n) is 9.52. The van der Waals surface area contributed by atoms with Crippen molar-refractivity contribution in [1.29, 1.82) is 0 Å². The molecule has 1 aliphatic rings. The van der Waals surface area contributed by atoms with E-state index in [1.165, 1.54) is 0 Å². The van der Waals surface area contributed by atoms with Gasteiger partial charge in [-0.2, -0.15) is 0 Å². The zero-order valence-electron chi connectivity index (χ0n) is 15.6. The van der Waals surface area contributed by atoms with Crippen molar-refractivity contribution < 1.29 is 4.79 Å². The van der Waals surface area contributed by atoms with E-state index in [1.807, 2.05) is 41.3 Å². The predicted octanol–water partition coefficient (Wildman–Crippen LogP) is 5.22. The van der Waals surface area contributed by atoms with Crippen LogP contribution in [0.25, 0.3) is 11.3 Å². The molecule has 4 rings (SSSR count). The molecule has 144 valence electrons. The minimum Gasteiger partial charge on any atom is -0.343 e. The van der Waals surface area contributed by atoms with Gasteiger partial charge in [-0.25, -0.2) is 4.99 Å². The Balaban J connectivity index is 1.65. The first-order chi connectivity index (χ1) is 13.7. The summed E-state index contributed by atoms with van der Waals surface area (Å²) in [5.41, 5.74) is 3.28. The number of hydrogen-bond donors (Lipinski definition) is 0. The number of hydrogen-bond acceptors (Lipinski definition) is 3. The van der Waals surface area contributed by atoms with Gasteiger partial charge < -0.3 is 9.47 Å². The van der Waals surface area contributed by atoms with Crippen LogP contribution in [0.5, 0.6) is 0 Å². The molecule has 0 radical (unpaired) electrons. The van der Waals surface area contributed by atoms with Crippen LogP contribution in [0.15, 0.2) is 69.4 Å². The van der Waals surface area contributed by atoms with Gasteiger partial charge in [0.25, 0.3) is 0 Å². The van der Waals surface area contributed by atoms with Crippen LogP contribution >= 0.6 is 27.3 Å². The van der Waals surface area contributed by atoms with Crippen molar-refractivity contribution >= 4 is 38.9 Å². The molecule has 0 aliphatic carbocycles. The van der Waals surface area contributed by atoms with Crippen molar-refractivity contribution in [3.8, 4) is 11.3 Å². The standard InChI is InChI=1S/C22H22BrN3OS/c23-18-8-4-7-17(15-18)20-16-28-22(24-19-9-2-1-3-10-19)26(20)14-6-13-25-12-5-11-21(25)27/h1-4,7-10,15-16H,5-6,11-14H2. The van der Waals surface area contributed by atoms with Gasteiger partial charge in [-0.1, -0.05) is 46.3 Å². The van der Waals surface area contributed by atoms with Crippen LogP contribution in [-0.4, -0.2) is 28.5 Å². The van der Waals surface area contributed by atoms with E-state index in [-0.39, 0.29) is 5.91 Å². The highest BCUT2D eigenvalue weighted by Crippen LogP contribution is 2.24. The third kappa shape index (κ3) is 4.45. The Labute approximate surface area is 177 Å². The van der Waals surface area contributed by atoms with Crippen LogP contribution in [0.1, 0.15) is 19.3 Å². The van der Waals surface area contributed by atoms with Crippen LogP contribution < -0.4 is 4.80 Å². The molecule has 0 saturated carbocycles. The van der Waals surface area contributed by atoms with E-state index in [9.17, 15) is 4.79 Å². The summed E-state index contributed by atoms with van der Waals surface area (Å²) >= 11 is 5.23.